The van der Waals surface area contributed by atoms with Crippen LogP contribution in [0.4, 0.5) is 5.69 Å². The molecule has 0 unspecified atom stereocenters. The molecule has 0 saturated carbocycles. The summed E-state index contributed by atoms with van der Waals surface area (Å²) in [6.45, 7) is 2.95. The quantitative estimate of drug-likeness (QED) is 0.822. The van der Waals surface area contributed by atoms with Crippen LogP contribution >= 0.6 is 15.9 Å². The van der Waals surface area contributed by atoms with Gasteiger partial charge in [0.25, 0.3) is 0 Å². The predicted octanol–water partition coefficient (Wildman–Crippen LogP) is 2.82. The molecule has 0 atom stereocenters. The summed E-state index contributed by atoms with van der Waals surface area (Å²) < 4.78 is 11.0. The molecule has 1 aromatic carbocycles. The number of halogens is 1. The molecular formula is C12H16BrNO3. The smallest absolute Gasteiger partial charge is 0.226 e. The second kappa shape index (κ2) is 7.29. The van der Waals surface area contributed by atoms with Crippen molar-refractivity contribution in [3.05, 3.63) is 22.7 Å². The van der Waals surface area contributed by atoms with E-state index in [1.54, 1.807) is 13.2 Å². The third-order valence-corrected chi connectivity index (χ3v) is 2.82. The van der Waals surface area contributed by atoms with Gasteiger partial charge < -0.3 is 14.8 Å². The monoisotopic (exact) mass is 301 g/mol. The van der Waals surface area contributed by atoms with E-state index in [-0.39, 0.29) is 5.91 Å². The number of carbonyl (C=O) groups excluding carboxylic acids is 1. The highest BCUT2D eigenvalue weighted by Crippen LogP contribution is 2.27. The number of benzene rings is 1. The molecule has 0 fully saturated rings. The van der Waals surface area contributed by atoms with E-state index in [1.807, 2.05) is 19.1 Å². The Hall–Kier alpha value is -1.07. The van der Waals surface area contributed by atoms with Gasteiger partial charge in [-0.2, -0.15) is 0 Å². The highest BCUT2D eigenvalue weighted by atomic mass is 79.9. The average Bonchev–Trinajstić information content (AvgIpc) is 2.32. The fourth-order valence-corrected chi connectivity index (χ4v) is 1.59. The Morgan fingerprint density at radius 1 is 1.47 bits per heavy atom. The van der Waals surface area contributed by atoms with Gasteiger partial charge in [0, 0.05) is 17.1 Å². The van der Waals surface area contributed by atoms with Crippen molar-refractivity contribution in [2.75, 3.05) is 25.6 Å². The van der Waals surface area contributed by atoms with E-state index in [0.717, 1.165) is 4.47 Å². The third kappa shape index (κ3) is 4.75. The van der Waals surface area contributed by atoms with Crippen molar-refractivity contribution in [2.24, 2.45) is 0 Å². The Morgan fingerprint density at radius 2 is 2.24 bits per heavy atom. The number of hydrogen-bond acceptors (Lipinski definition) is 3. The standard InChI is InChI=1S/C12H16BrNO3/c1-3-17-7-6-12(15)14-11-8-9(16-2)4-5-10(11)13/h4-5,8H,3,6-7H2,1-2H3,(H,14,15). The minimum atomic E-state index is -0.0765. The SMILES string of the molecule is CCOCCC(=O)Nc1cc(OC)ccc1Br. The number of ether oxygens (including phenoxy) is 2. The summed E-state index contributed by atoms with van der Waals surface area (Å²) in [7, 11) is 1.59. The molecular weight excluding hydrogens is 286 g/mol. The lowest BCUT2D eigenvalue weighted by Crippen LogP contribution is -2.14. The predicted molar refractivity (Wildman–Crippen MR) is 70.4 cm³/mol. The number of anilines is 1. The van der Waals surface area contributed by atoms with Crippen molar-refractivity contribution < 1.29 is 14.3 Å². The van der Waals surface area contributed by atoms with Gasteiger partial charge >= 0.3 is 0 Å². The second-order valence-corrected chi connectivity index (χ2v) is 4.20. The third-order valence-electron chi connectivity index (χ3n) is 2.13. The molecule has 0 aromatic heterocycles. The number of carbonyl (C=O) groups is 1. The normalized spacial score (nSPS) is 10.1. The van der Waals surface area contributed by atoms with Gasteiger partial charge in [-0.1, -0.05) is 0 Å². The summed E-state index contributed by atoms with van der Waals surface area (Å²) in [6.07, 6.45) is 0.345. The number of hydrogen-bond donors (Lipinski definition) is 1. The van der Waals surface area contributed by atoms with Crippen LogP contribution in [-0.4, -0.2) is 26.2 Å². The van der Waals surface area contributed by atoms with Crippen LogP contribution in [0.15, 0.2) is 22.7 Å². The van der Waals surface area contributed by atoms with E-state index in [1.165, 1.54) is 0 Å². The fraction of sp³-hybridized carbons (Fsp3) is 0.417. The minimum absolute atomic E-state index is 0.0765. The summed E-state index contributed by atoms with van der Waals surface area (Å²) in [5, 5.41) is 2.80. The molecule has 0 aliphatic rings. The Kier molecular flexibility index (Phi) is 6.00. The molecule has 4 nitrogen and oxygen atoms in total. The zero-order chi connectivity index (χ0) is 12.7. The lowest BCUT2D eigenvalue weighted by molar-refractivity contribution is -0.117. The molecule has 1 N–H and O–H groups in total. The Bertz CT molecular complexity index is 382. The van der Waals surface area contributed by atoms with Gasteiger partial charge in [0.15, 0.2) is 0 Å². The van der Waals surface area contributed by atoms with Crippen molar-refractivity contribution >= 4 is 27.5 Å². The molecule has 0 radical (unpaired) electrons. The Morgan fingerprint density at radius 3 is 2.88 bits per heavy atom. The zero-order valence-corrected chi connectivity index (χ0v) is 11.5. The van der Waals surface area contributed by atoms with Gasteiger partial charge in [-0.25, -0.2) is 0 Å². The van der Waals surface area contributed by atoms with Crippen molar-refractivity contribution in [3.8, 4) is 5.75 Å². The molecule has 1 aromatic rings. The number of rotatable bonds is 6. The van der Waals surface area contributed by atoms with Gasteiger partial charge in [0.05, 0.1) is 25.8 Å². The van der Waals surface area contributed by atoms with Gasteiger partial charge in [-0.05, 0) is 35.0 Å². The molecule has 0 heterocycles. The first-order valence-corrected chi connectivity index (χ1v) is 6.17. The molecule has 5 heteroatoms. The molecule has 0 aliphatic carbocycles. The molecule has 17 heavy (non-hydrogen) atoms. The Balaban J connectivity index is 2.57. The van der Waals surface area contributed by atoms with E-state index < -0.39 is 0 Å². The fourth-order valence-electron chi connectivity index (χ4n) is 1.25. The van der Waals surface area contributed by atoms with E-state index in [4.69, 9.17) is 9.47 Å². The molecule has 1 amide bonds. The molecule has 0 spiro atoms. The number of amides is 1. The lowest BCUT2D eigenvalue weighted by atomic mass is 10.3. The number of nitrogens with one attached hydrogen (secondary N) is 1. The summed E-state index contributed by atoms with van der Waals surface area (Å²) in [5.74, 6) is 0.626. The second-order valence-electron chi connectivity index (χ2n) is 3.34. The van der Waals surface area contributed by atoms with Gasteiger partial charge in [-0.15, -0.1) is 0 Å². The Labute approximate surface area is 109 Å². The maximum absolute atomic E-state index is 11.6. The lowest BCUT2D eigenvalue weighted by Gasteiger charge is -2.09. The molecule has 0 bridgehead atoms. The maximum atomic E-state index is 11.6. The van der Waals surface area contributed by atoms with E-state index in [9.17, 15) is 4.79 Å². The summed E-state index contributed by atoms with van der Waals surface area (Å²) in [6, 6.07) is 5.42. The van der Waals surface area contributed by atoms with Crippen LogP contribution in [0.3, 0.4) is 0 Å². The highest BCUT2D eigenvalue weighted by molar-refractivity contribution is 9.10. The van der Waals surface area contributed by atoms with Crippen molar-refractivity contribution in [1.82, 2.24) is 0 Å². The summed E-state index contributed by atoms with van der Waals surface area (Å²) >= 11 is 3.37. The van der Waals surface area contributed by atoms with Gasteiger partial charge in [0.1, 0.15) is 5.75 Å². The van der Waals surface area contributed by atoms with Crippen LogP contribution < -0.4 is 10.1 Å². The first kappa shape index (κ1) is 14.0. The highest BCUT2D eigenvalue weighted by Gasteiger charge is 2.06. The summed E-state index contributed by atoms with van der Waals surface area (Å²) in [4.78, 5) is 11.6. The largest absolute Gasteiger partial charge is 0.497 e. The van der Waals surface area contributed by atoms with Crippen LogP contribution in [0.1, 0.15) is 13.3 Å². The van der Waals surface area contributed by atoms with Crippen molar-refractivity contribution in [1.29, 1.82) is 0 Å². The first-order chi connectivity index (χ1) is 8.17. The minimum Gasteiger partial charge on any atom is -0.497 e. The van der Waals surface area contributed by atoms with E-state index >= 15 is 0 Å². The van der Waals surface area contributed by atoms with Crippen molar-refractivity contribution in [2.45, 2.75) is 13.3 Å². The number of methoxy groups -OCH3 is 1. The van der Waals surface area contributed by atoms with Crippen LogP contribution in [0, 0.1) is 0 Å². The van der Waals surface area contributed by atoms with Gasteiger partial charge in [-0.3, -0.25) is 4.79 Å². The molecule has 0 aliphatic heterocycles. The van der Waals surface area contributed by atoms with Crippen molar-refractivity contribution in [3.63, 3.8) is 0 Å². The first-order valence-electron chi connectivity index (χ1n) is 5.38. The van der Waals surface area contributed by atoms with Crippen LogP contribution in [0.2, 0.25) is 0 Å². The van der Waals surface area contributed by atoms with E-state index in [2.05, 4.69) is 21.2 Å². The van der Waals surface area contributed by atoms with Crippen LogP contribution in [0.5, 0.6) is 5.75 Å². The maximum Gasteiger partial charge on any atom is 0.226 e. The van der Waals surface area contributed by atoms with E-state index in [0.29, 0.717) is 31.1 Å². The zero-order valence-electron chi connectivity index (χ0n) is 9.96. The molecule has 0 saturated heterocycles. The van der Waals surface area contributed by atoms with Crippen LogP contribution in [0.25, 0.3) is 0 Å². The summed E-state index contributed by atoms with van der Waals surface area (Å²) in [5.41, 5.74) is 0.700. The van der Waals surface area contributed by atoms with Gasteiger partial charge in [0.2, 0.25) is 5.91 Å². The average molecular weight is 302 g/mol. The molecule has 94 valence electrons. The molecule has 1 rings (SSSR count). The topological polar surface area (TPSA) is 47.6 Å². The van der Waals surface area contributed by atoms with Crippen LogP contribution in [-0.2, 0) is 9.53 Å².